The van der Waals surface area contributed by atoms with Gasteiger partial charge in [0.25, 0.3) is 0 Å². The van der Waals surface area contributed by atoms with Gasteiger partial charge >= 0.3 is 5.97 Å². The Kier molecular flexibility index (Phi) is 4.60. The number of benzene rings is 1. The van der Waals surface area contributed by atoms with Crippen LogP contribution >= 0.6 is 15.9 Å². The van der Waals surface area contributed by atoms with Gasteiger partial charge < -0.3 is 10.1 Å². The highest BCUT2D eigenvalue weighted by molar-refractivity contribution is 9.10. The van der Waals surface area contributed by atoms with Crippen LogP contribution in [-0.2, 0) is 4.74 Å². The van der Waals surface area contributed by atoms with Crippen LogP contribution < -0.4 is 5.32 Å². The van der Waals surface area contributed by atoms with Crippen LogP contribution in [0.5, 0.6) is 0 Å². The molecule has 1 N–H and O–H groups in total. The Balaban J connectivity index is 2.74. The minimum Gasteiger partial charge on any atom is -0.462 e. The molecular weight excluding hydrogens is 320 g/mol. The number of carbonyl (C=O) groups excluding carboxylic acids is 1. The molecule has 0 radical (unpaired) electrons. The number of aromatic nitrogens is 1. The van der Waals surface area contributed by atoms with E-state index in [9.17, 15) is 4.79 Å². The molecule has 0 saturated carbocycles. The van der Waals surface area contributed by atoms with Crippen LogP contribution in [0.4, 0.5) is 5.69 Å². The van der Waals surface area contributed by atoms with Crippen LogP contribution in [-0.4, -0.2) is 24.1 Å². The molecule has 0 unspecified atom stereocenters. The summed E-state index contributed by atoms with van der Waals surface area (Å²) < 4.78 is 6.01. The standard InChI is InChI=1S/C15H17BrN2O2/c1-4-17-14-10(15(19)20-5-2)8-18-13-9(3)6-7-11(16)12(13)14/h6-8H,4-5H2,1-3H3,(H,17,18). The van der Waals surface area contributed by atoms with E-state index in [1.807, 2.05) is 26.0 Å². The summed E-state index contributed by atoms with van der Waals surface area (Å²) >= 11 is 3.54. The van der Waals surface area contributed by atoms with Gasteiger partial charge in [0.1, 0.15) is 5.56 Å². The van der Waals surface area contributed by atoms with Gasteiger partial charge in [0.15, 0.2) is 0 Å². The molecule has 1 heterocycles. The largest absolute Gasteiger partial charge is 0.462 e. The normalized spacial score (nSPS) is 10.6. The van der Waals surface area contributed by atoms with Gasteiger partial charge in [-0.05, 0) is 32.4 Å². The van der Waals surface area contributed by atoms with Crippen molar-refractivity contribution < 1.29 is 9.53 Å². The second-order valence-corrected chi connectivity index (χ2v) is 5.24. The average molecular weight is 337 g/mol. The molecule has 1 aromatic heterocycles. The maximum atomic E-state index is 12.1. The number of hydrogen-bond donors (Lipinski definition) is 1. The van der Waals surface area contributed by atoms with Crippen LogP contribution in [0.25, 0.3) is 10.9 Å². The van der Waals surface area contributed by atoms with Gasteiger partial charge in [0, 0.05) is 22.6 Å². The lowest BCUT2D eigenvalue weighted by atomic mass is 10.1. The molecule has 0 fully saturated rings. The van der Waals surface area contributed by atoms with Gasteiger partial charge in [-0.15, -0.1) is 0 Å². The van der Waals surface area contributed by atoms with Crippen molar-refractivity contribution in [2.24, 2.45) is 0 Å². The van der Waals surface area contributed by atoms with Crippen LogP contribution in [0, 0.1) is 6.92 Å². The van der Waals surface area contributed by atoms with Crippen LogP contribution in [0.1, 0.15) is 29.8 Å². The van der Waals surface area contributed by atoms with Crippen molar-refractivity contribution in [2.45, 2.75) is 20.8 Å². The number of hydrogen-bond acceptors (Lipinski definition) is 4. The van der Waals surface area contributed by atoms with E-state index in [1.165, 1.54) is 0 Å². The van der Waals surface area contributed by atoms with Crippen LogP contribution in [0.2, 0.25) is 0 Å². The predicted molar refractivity (Wildman–Crippen MR) is 84.3 cm³/mol. The van der Waals surface area contributed by atoms with E-state index in [-0.39, 0.29) is 5.97 Å². The monoisotopic (exact) mass is 336 g/mol. The van der Waals surface area contributed by atoms with Crippen molar-refractivity contribution in [2.75, 3.05) is 18.5 Å². The van der Waals surface area contributed by atoms with Gasteiger partial charge in [0.05, 0.1) is 17.8 Å². The summed E-state index contributed by atoms with van der Waals surface area (Å²) in [6, 6.07) is 3.97. The Morgan fingerprint density at radius 2 is 2.15 bits per heavy atom. The lowest BCUT2D eigenvalue weighted by molar-refractivity contribution is 0.0527. The molecule has 0 amide bonds. The Morgan fingerprint density at radius 1 is 1.40 bits per heavy atom. The molecule has 0 spiro atoms. The first kappa shape index (κ1) is 14.8. The summed E-state index contributed by atoms with van der Waals surface area (Å²) in [5, 5.41) is 4.17. The predicted octanol–water partition coefficient (Wildman–Crippen LogP) is 3.91. The molecule has 2 aromatic rings. The fourth-order valence-electron chi connectivity index (χ4n) is 2.13. The maximum absolute atomic E-state index is 12.1. The molecule has 1 aromatic carbocycles. The average Bonchev–Trinajstić information content (AvgIpc) is 2.43. The number of carbonyl (C=O) groups is 1. The van der Waals surface area contributed by atoms with E-state index in [0.29, 0.717) is 18.7 Å². The molecule has 5 heteroatoms. The summed E-state index contributed by atoms with van der Waals surface area (Å²) in [5.74, 6) is -0.355. The highest BCUT2D eigenvalue weighted by Crippen LogP contribution is 2.34. The van der Waals surface area contributed by atoms with Crippen molar-refractivity contribution in [1.29, 1.82) is 0 Å². The van der Waals surface area contributed by atoms with Crippen LogP contribution in [0.15, 0.2) is 22.8 Å². The maximum Gasteiger partial charge on any atom is 0.341 e. The number of rotatable bonds is 4. The van der Waals surface area contributed by atoms with E-state index in [2.05, 4.69) is 26.2 Å². The number of aryl methyl sites for hydroxylation is 1. The molecule has 2 rings (SSSR count). The van der Waals surface area contributed by atoms with Gasteiger partial charge in [-0.2, -0.15) is 0 Å². The molecular formula is C15H17BrN2O2. The second kappa shape index (κ2) is 6.22. The number of esters is 1. The van der Waals surface area contributed by atoms with E-state index in [4.69, 9.17) is 4.74 Å². The summed E-state index contributed by atoms with van der Waals surface area (Å²) in [7, 11) is 0. The van der Waals surface area contributed by atoms with E-state index in [1.54, 1.807) is 13.1 Å². The number of ether oxygens (including phenoxy) is 1. The van der Waals surface area contributed by atoms with E-state index >= 15 is 0 Å². The molecule has 0 aliphatic rings. The fraction of sp³-hybridized carbons (Fsp3) is 0.333. The highest BCUT2D eigenvalue weighted by Gasteiger charge is 2.18. The van der Waals surface area contributed by atoms with Gasteiger partial charge in [-0.1, -0.05) is 22.0 Å². The lowest BCUT2D eigenvalue weighted by Crippen LogP contribution is -2.11. The van der Waals surface area contributed by atoms with Gasteiger partial charge in [0.2, 0.25) is 0 Å². The molecule has 4 nitrogen and oxygen atoms in total. The van der Waals surface area contributed by atoms with Crippen molar-refractivity contribution in [1.82, 2.24) is 4.98 Å². The van der Waals surface area contributed by atoms with Gasteiger partial charge in [-0.25, -0.2) is 4.79 Å². The topological polar surface area (TPSA) is 51.2 Å². The Hall–Kier alpha value is -1.62. The van der Waals surface area contributed by atoms with E-state index in [0.717, 1.165) is 26.6 Å². The lowest BCUT2D eigenvalue weighted by Gasteiger charge is -2.15. The summed E-state index contributed by atoms with van der Waals surface area (Å²) in [5.41, 5.74) is 3.18. The number of nitrogens with zero attached hydrogens (tertiary/aromatic N) is 1. The van der Waals surface area contributed by atoms with Crippen LogP contribution in [0.3, 0.4) is 0 Å². The van der Waals surface area contributed by atoms with Crippen molar-refractivity contribution >= 4 is 38.5 Å². The summed E-state index contributed by atoms with van der Waals surface area (Å²) in [6.07, 6.45) is 1.58. The Morgan fingerprint density at radius 3 is 2.80 bits per heavy atom. The zero-order valence-corrected chi connectivity index (χ0v) is 13.4. The molecule has 106 valence electrons. The zero-order valence-electron chi connectivity index (χ0n) is 11.8. The fourth-order valence-corrected chi connectivity index (χ4v) is 2.65. The highest BCUT2D eigenvalue weighted by atomic mass is 79.9. The zero-order chi connectivity index (χ0) is 14.7. The summed E-state index contributed by atoms with van der Waals surface area (Å²) in [6.45, 7) is 6.84. The summed E-state index contributed by atoms with van der Waals surface area (Å²) in [4.78, 5) is 16.5. The quantitative estimate of drug-likeness (QED) is 0.860. The number of anilines is 1. The first-order valence-electron chi connectivity index (χ1n) is 6.58. The van der Waals surface area contributed by atoms with Gasteiger partial charge in [-0.3, -0.25) is 4.98 Å². The Labute approximate surface area is 126 Å². The third-order valence-electron chi connectivity index (χ3n) is 3.02. The number of fused-ring (bicyclic) bond motifs is 1. The van der Waals surface area contributed by atoms with Crippen molar-refractivity contribution in [3.63, 3.8) is 0 Å². The van der Waals surface area contributed by atoms with Crippen molar-refractivity contribution in [3.8, 4) is 0 Å². The third-order valence-corrected chi connectivity index (χ3v) is 3.68. The molecule has 0 aliphatic heterocycles. The minimum absolute atomic E-state index is 0.345. The van der Waals surface area contributed by atoms with E-state index < -0.39 is 0 Å². The first-order chi connectivity index (χ1) is 9.60. The molecule has 0 aliphatic carbocycles. The molecule has 0 atom stereocenters. The Bertz CT molecular complexity index is 656. The molecule has 20 heavy (non-hydrogen) atoms. The van der Waals surface area contributed by atoms with Crippen molar-refractivity contribution in [3.05, 3.63) is 33.9 Å². The first-order valence-corrected chi connectivity index (χ1v) is 7.38. The molecule has 0 saturated heterocycles. The second-order valence-electron chi connectivity index (χ2n) is 4.39. The number of pyridine rings is 1. The third kappa shape index (κ3) is 2.63. The number of nitrogens with one attached hydrogen (secondary N) is 1. The SMILES string of the molecule is CCNc1c(C(=O)OCC)cnc2c(C)ccc(Br)c12. The minimum atomic E-state index is -0.355. The number of halogens is 1. The molecule has 0 bridgehead atoms. The smallest absolute Gasteiger partial charge is 0.341 e.